The standard InChI is InChI=1S/C26H34N4O2/c1-16(2)32-25(31)21-4-5-23(24(9-21)29-17(3)22-13-27-15-28-14-22)30-26-10-18-6-19(11-26)8-20(7-18)12-26/h4-5,9,13-20,29-30H,6-8,10-12H2,1-3H3. The fourth-order valence-electron chi connectivity index (χ4n) is 6.58. The quantitative estimate of drug-likeness (QED) is 0.553. The highest BCUT2D eigenvalue weighted by Gasteiger charge is 2.51. The fraction of sp³-hybridized carbons (Fsp3) is 0.577. The maximum Gasteiger partial charge on any atom is 0.338 e. The summed E-state index contributed by atoms with van der Waals surface area (Å²) >= 11 is 0. The van der Waals surface area contributed by atoms with Crippen molar-refractivity contribution in [2.75, 3.05) is 10.6 Å². The van der Waals surface area contributed by atoms with Crippen molar-refractivity contribution in [1.82, 2.24) is 9.97 Å². The molecule has 32 heavy (non-hydrogen) atoms. The Morgan fingerprint density at radius 1 is 1.00 bits per heavy atom. The van der Waals surface area contributed by atoms with Crippen molar-refractivity contribution in [3.8, 4) is 0 Å². The largest absolute Gasteiger partial charge is 0.459 e. The summed E-state index contributed by atoms with van der Waals surface area (Å²) in [5, 5.41) is 7.58. The average molecular weight is 435 g/mol. The molecule has 4 bridgehead atoms. The van der Waals surface area contributed by atoms with Crippen LogP contribution in [0.2, 0.25) is 0 Å². The minimum Gasteiger partial charge on any atom is -0.459 e. The lowest BCUT2D eigenvalue weighted by Crippen LogP contribution is -2.54. The van der Waals surface area contributed by atoms with Crippen LogP contribution in [-0.2, 0) is 4.74 Å². The van der Waals surface area contributed by atoms with E-state index in [1.165, 1.54) is 38.5 Å². The molecule has 0 saturated heterocycles. The van der Waals surface area contributed by atoms with Gasteiger partial charge in [0.2, 0.25) is 0 Å². The summed E-state index contributed by atoms with van der Waals surface area (Å²) < 4.78 is 5.45. The van der Waals surface area contributed by atoms with Gasteiger partial charge >= 0.3 is 5.97 Å². The van der Waals surface area contributed by atoms with Crippen LogP contribution in [0.15, 0.2) is 36.9 Å². The summed E-state index contributed by atoms with van der Waals surface area (Å²) in [7, 11) is 0. The summed E-state index contributed by atoms with van der Waals surface area (Å²) in [6, 6.07) is 5.86. The molecule has 4 aliphatic carbocycles. The molecule has 4 fully saturated rings. The molecule has 0 aliphatic heterocycles. The van der Waals surface area contributed by atoms with Crippen molar-refractivity contribution in [2.45, 2.75) is 77.0 Å². The normalized spacial score (nSPS) is 29.1. The lowest BCUT2D eigenvalue weighted by molar-refractivity contribution is 0.0107. The van der Waals surface area contributed by atoms with Crippen molar-refractivity contribution in [2.24, 2.45) is 17.8 Å². The van der Waals surface area contributed by atoms with Gasteiger partial charge in [0, 0.05) is 23.5 Å². The number of esters is 1. The third-order valence-electron chi connectivity index (χ3n) is 7.49. The van der Waals surface area contributed by atoms with E-state index < -0.39 is 0 Å². The van der Waals surface area contributed by atoms with Gasteiger partial charge in [-0.3, -0.25) is 0 Å². The summed E-state index contributed by atoms with van der Waals surface area (Å²) in [6.45, 7) is 5.83. The highest BCUT2D eigenvalue weighted by atomic mass is 16.5. The van der Waals surface area contributed by atoms with E-state index in [1.54, 1.807) is 6.33 Å². The first-order valence-electron chi connectivity index (χ1n) is 12.0. The number of carbonyl (C=O) groups excluding carboxylic acids is 1. The number of anilines is 2. The SMILES string of the molecule is CC(C)OC(=O)c1ccc(NC23CC4CC(CC(C4)C2)C3)c(NC(C)c2cncnc2)c1. The average Bonchev–Trinajstić information content (AvgIpc) is 2.74. The number of nitrogens with one attached hydrogen (secondary N) is 2. The molecule has 1 aromatic heterocycles. The molecule has 1 aromatic carbocycles. The van der Waals surface area contributed by atoms with Gasteiger partial charge in [-0.2, -0.15) is 0 Å². The molecule has 170 valence electrons. The van der Waals surface area contributed by atoms with E-state index in [-0.39, 0.29) is 23.7 Å². The zero-order chi connectivity index (χ0) is 22.3. The molecule has 1 unspecified atom stereocenters. The molecular weight excluding hydrogens is 400 g/mol. The van der Waals surface area contributed by atoms with E-state index in [1.807, 2.05) is 44.4 Å². The van der Waals surface area contributed by atoms with E-state index in [0.717, 1.165) is 34.7 Å². The third-order valence-corrected chi connectivity index (χ3v) is 7.49. The highest BCUT2D eigenvalue weighted by molar-refractivity contribution is 5.92. The number of hydrogen-bond donors (Lipinski definition) is 2. The Morgan fingerprint density at radius 2 is 1.62 bits per heavy atom. The first kappa shape index (κ1) is 21.2. The van der Waals surface area contributed by atoms with Crippen molar-refractivity contribution in [1.29, 1.82) is 0 Å². The minimum absolute atomic E-state index is 0.00415. The molecule has 0 radical (unpaired) electrons. The van der Waals surface area contributed by atoms with Gasteiger partial charge in [-0.05, 0) is 95.2 Å². The van der Waals surface area contributed by atoms with Crippen LogP contribution in [0.3, 0.4) is 0 Å². The maximum absolute atomic E-state index is 12.6. The van der Waals surface area contributed by atoms with Gasteiger partial charge in [0.25, 0.3) is 0 Å². The second kappa shape index (κ2) is 8.38. The molecule has 0 spiro atoms. The summed E-state index contributed by atoms with van der Waals surface area (Å²) in [6.07, 6.45) is 13.1. The summed E-state index contributed by atoms with van der Waals surface area (Å²) in [4.78, 5) is 20.9. The Kier molecular flexibility index (Phi) is 5.56. The molecule has 0 amide bonds. The monoisotopic (exact) mass is 434 g/mol. The van der Waals surface area contributed by atoms with Crippen LogP contribution in [-0.4, -0.2) is 27.6 Å². The van der Waals surface area contributed by atoms with E-state index >= 15 is 0 Å². The smallest absolute Gasteiger partial charge is 0.338 e. The van der Waals surface area contributed by atoms with Gasteiger partial charge in [0.15, 0.2) is 0 Å². The maximum atomic E-state index is 12.6. The fourth-order valence-corrected chi connectivity index (χ4v) is 6.58. The molecule has 2 aromatic rings. The molecule has 6 nitrogen and oxygen atoms in total. The third kappa shape index (κ3) is 4.32. The van der Waals surface area contributed by atoms with Gasteiger partial charge in [-0.25, -0.2) is 14.8 Å². The van der Waals surface area contributed by atoms with Crippen molar-refractivity contribution >= 4 is 17.3 Å². The van der Waals surface area contributed by atoms with Crippen LogP contribution in [0.25, 0.3) is 0 Å². The highest BCUT2D eigenvalue weighted by Crippen LogP contribution is 2.57. The number of hydrogen-bond acceptors (Lipinski definition) is 6. The Morgan fingerprint density at radius 3 is 2.22 bits per heavy atom. The topological polar surface area (TPSA) is 76.1 Å². The van der Waals surface area contributed by atoms with E-state index in [9.17, 15) is 4.79 Å². The molecule has 1 atom stereocenters. The number of carbonyl (C=O) groups is 1. The molecule has 4 saturated carbocycles. The first-order chi connectivity index (χ1) is 15.4. The Bertz CT molecular complexity index is 940. The lowest BCUT2D eigenvalue weighted by atomic mass is 9.53. The Hall–Kier alpha value is -2.63. The van der Waals surface area contributed by atoms with Crippen molar-refractivity contribution in [3.05, 3.63) is 48.0 Å². The van der Waals surface area contributed by atoms with E-state index in [4.69, 9.17) is 4.74 Å². The summed E-state index contributed by atoms with van der Waals surface area (Å²) in [5.41, 5.74) is 3.74. The predicted molar refractivity (Wildman–Crippen MR) is 126 cm³/mol. The zero-order valence-electron chi connectivity index (χ0n) is 19.3. The van der Waals surface area contributed by atoms with Gasteiger partial charge in [0.05, 0.1) is 29.1 Å². The van der Waals surface area contributed by atoms with Crippen LogP contribution in [0.4, 0.5) is 11.4 Å². The lowest BCUT2D eigenvalue weighted by Gasteiger charge is -2.57. The zero-order valence-corrected chi connectivity index (χ0v) is 19.3. The molecule has 1 heterocycles. The second-order valence-electron chi connectivity index (χ2n) is 10.6. The molecular formula is C26H34N4O2. The number of aromatic nitrogens is 2. The van der Waals surface area contributed by atoms with Gasteiger partial charge < -0.3 is 15.4 Å². The van der Waals surface area contributed by atoms with Crippen molar-refractivity contribution in [3.63, 3.8) is 0 Å². The van der Waals surface area contributed by atoms with Crippen LogP contribution < -0.4 is 10.6 Å². The Balaban J connectivity index is 1.44. The van der Waals surface area contributed by atoms with Crippen molar-refractivity contribution < 1.29 is 9.53 Å². The van der Waals surface area contributed by atoms with Crippen LogP contribution in [0, 0.1) is 17.8 Å². The predicted octanol–water partition coefficient (Wildman–Crippen LogP) is 5.60. The number of benzene rings is 1. The number of nitrogens with zero attached hydrogens (tertiary/aromatic N) is 2. The Labute approximate surface area is 190 Å². The van der Waals surface area contributed by atoms with Crippen LogP contribution in [0.1, 0.15) is 81.3 Å². The number of ether oxygens (including phenoxy) is 1. The minimum atomic E-state index is -0.292. The van der Waals surface area contributed by atoms with E-state index in [0.29, 0.717) is 5.56 Å². The molecule has 6 rings (SSSR count). The molecule has 2 N–H and O–H groups in total. The first-order valence-corrected chi connectivity index (χ1v) is 12.0. The number of rotatable bonds is 7. The summed E-state index contributed by atoms with van der Waals surface area (Å²) in [5.74, 6) is 2.31. The van der Waals surface area contributed by atoms with E-state index in [2.05, 4.69) is 27.5 Å². The molecule has 6 heteroatoms. The second-order valence-corrected chi connectivity index (χ2v) is 10.6. The van der Waals surface area contributed by atoms with Crippen LogP contribution in [0.5, 0.6) is 0 Å². The van der Waals surface area contributed by atoms with Crippen LogP contribution >= 0.6 is 0 Å². The van der Waals surface area contributed by atoms with Gasteiger partial charge in [-0.1, -0.05) is 0 Å². The van der Waals surface area contributed by atoms with Gasteiger partial charge in [0.1, 0.15) is 6.33 Å². The molecule has 4 aliphatic rings. The van der Waals surface area contributed by atoms with Gasteiger partial charge in [-0.15, -0.1) is 0 Å².